The van der Waals surface area contributed by atoms with E-state index < -0.39 is 17.7 Å². The lowest BCUT2D eigenvalue weighted by Crippen LogP contribution is -2.50. The highest BCUT2D eigenvalue weighted by molar-refractivity contribution is 5.85. The molecule has 6 heteroatoms. The van der Waals surface area contributed by atoms with Gasteiger partial charge in [0.05, 0.1) is 6.61 Å². The molecule has 134 valence electrons. The van der Waals surface area contributed by atoms with E-state index in [1.165, 1.54) is 4.90 Å². The second-order valence-electron chi connectivity index (χ2n) is 7.18. The molecule has 2 atom stereocenters. The standard InChI is InChI=1S/C17H32N2O4/c1-6-9-19(16(21)23-17(3,4)5)13(2)15(20)18-11-14-8-7-10-22-12-14/h13-14H,6-12H2,1-5H3,(H,18,20). The summed E-state index contributed by atoms with van der Waals surface area (Å²) in [5, 5.41) is 2.94. The van der Waals surface area contributed by atoms with Crippen molar-refractivity contribution in [2.24, 2.45) is 5.92 Å². The van der Waals surface area contributed by atoms with Crippen molar-refractivity contribution in [3.8, 4) is 0 Å². The summed E-state index contributed by atoms with van der Waals surface area (Å²) in [7, 11) is 0. The third kappa shape index (κ3) is 7.20. The maximum Gasteiger partial charge on any atom is 0.410 e. The Hall–Kier alpha value is -1.30. The Morgan fingerprint density at radius 1 is 1.39 bits per heavy atom. The van der Waals surface area contributed by atoms with Crippen LogP contribution in [0.5, 0.6) is 0 Å². The van der Waals surface area contributed by atoms with Crippen LogP contribution in [-0.4, -0.2) is 54.8 Å². The van der Waals surface area contributed by atoms with Crippen molar-refractivity contribution in [3.05, 3.63) is 0 Å². The molecule has 1 rings (SSSR count). The first-order chi connectivity index (χ1) is 10.7. The van der Waals surface area contributed by atoms with Crippen molar-refractivity contribution < 1.29 is 19.1 Å². The molecule has 1 heterocycles. The van der Waals surface area contributed by atoms with E-state index in [1.807, 2.05) is 27.7 Å². The largest absolute Gasteiger partial charge is 0.444 e. The van der Waals surface area contributed by atoms with Crippen molar-refractivity contribution >= 4 is 12.0 Å². The molecule has 23 heavy (non-hydrogen) atoms. The summed E-state index contributed by atoms with van der Waals surface area (Å²) >= 11 is 0. The van der Waals surface area contributed by atoms with E-state index in [0.717, 1.165) is 25.9 Å². The van der Waals surface area contributed by atoms with E-state index in [0.29, 0.717) is 25.6 Å². The third-order valence-electron chi connectivity index (χ3n) is 3.76. The van der Waals surface area contributed by atoms with Gasteiger partial charge in [-0.25, -0.2) is 4.79 Å². The van der Waals surface area contributed by atoms with Gasteiger partial charge in [0, 0.05) is 19.7 Å². The number of hydrogen-bond donors (Lipinski definition) is 1. The molecule has 0 aromatic heterocycles. The molecular weight excluding hydrogens is 296 g/mol. The zero-order chi connectivity index (χ0) is 17.5. The molecule has 1 N–H and O–H groups in total. The van der Waals surface area contributed by atoms with Crippen molar-refractivity contribution in [1.82, 2.24) is 10.2 Å². The van der Waals surface area contributed by atoms with Crippen LogP contribution in [0.15, 0.2) is 0 Å². The number of amides is 2. The fourth-order valence-corrected chi connectivity index (χ4v) is 2.51. The first kappa shape index (κ1) is 19.7. The van der Waals surface area contributed by atoms with Crippen LogP contribution in [0.4, 0.5) is 4.79 Å². The summed E-state index contributed by atoms with van der Waals surface area (Å²) in [6.45, 7) is 11.8. The summed E-state index contributed by atoms with van der Waals surface area (Å²) in [5.41, 5.74) is -0.571. The Morgan fingerprint density at radius 2 is 2.09 bits per heavy atom. The van der Waals surface area contributed by atoms with Gasteiger partial charge >= 0.3 is 6.09 Å². The monoisotopic (exact) mass is 328 g/mol. The van der Waals surface area contributed by atoms with E-state index in [4.69, 9.17) is 9.47 Å². The maximum atomic E-state index is 12.4. The number of hydrogen-bond acceptors (Lipinski definition) is 4. The molecule has 0 radical (unpaired) electrons. The van der Waals surface area contributed by atoms with Crippen molar-refractivity contribution in [1.29, 1.82) is 0 Å². The number of nitrogens with zero attached hydrogens (tertiary/aromatic N) is 1. The Kier molecular flexibility index (Phi) is 7.82. The van der Waals surface area contributed by atoms with Gasteiger partial charge in [0.25, 0.3) is 0 Å². The molecule has 2 unspecified atom stereocenters. The second kappa shape index (κ2) is 9.11. The lowest BCUT2D eigenvalue weighted by Gasteiger charge is -2.31. The molecular formula is C17H32N2O4. The van der Waals surface area contributed by atoms with Crippen LogP contribution in [-0.2, 0) is 14.3 Å². The molecule has 1 aliphatic heterocycles. The molecule has 0 aromatic carbocycles. The summed E-state index contributed by atoms with van der Waals surface area (Å²) in [5.74, 6) is 0.218. The van der Waals surface area contributed by atoms with Crippen LogP contribution in [0, 0.1) is 5.92 Å². The summed E-state index contributed by atoms with van der Waals surface area (Å²) in [6.07, 6.45) is 2.44. The molecule has 0 spiro atoms. The average Bonchev–Trinajstić information content (AvgIpc) is 2.48. The van der Waals surface area contributed by atoms with E-state index in [1.54, 1.807) is 6.92 Å². The third-order valence-corrected chi connectivity index (χ3v) is 3.76. The van der Waals surface area contributed by atoms with E-state index in [-0.39, 0.29) is 5.91 Å². The van der Waals surface area contributed by atoms with Crippen molar-refractivity contribution in [2.75, 3.05) is 26.3 Å². The molecule has 0 aliphatic carbocycles. The minimum atomic E-state index is -0.571. The zero-order valence-corrected chi connectivity index (χ0v) is 15.2. The highest BCUT2D eigenvalue weighted by Gasteiger charge is 2.29. The van der Waals surface area contributed by atoms with E-state index >= 15 is 0 Å². The first-order valence-electron chi connectivity index (χ1n) is 8.59. The fourth-order valence-electron chi connectivity index (χ4n) is 2.51. The van der Waals surface area contributed by atoms with Gasteiger partial charge in [-0.2, -0.15) is 0 Å². The number of nitrogens with one attached hydrogen (secondary N) is 1. The lowest BCUT2D eigenvalue weighted by atomic mass is 10.0. The van der Waals surface area contributed by atoms with Crippen LogP contribution in [0.2, 0.25) is 0 Å². The Labute approximate surface area is 139 Å². The fraction of sp³-hybridized carbons (Fsp3) is 0.882. The Balaban J connectivity index is 2.55. The van der Waals surface area contributed by atoms with Gasteiger partial charge in [0.15, 0.2) is 0 Å². The van der Waals surface area contributed by atoms with Crippen molar-refractivity contribution in [3.63, 3.8) is 0 Å². The Bertz CT molecular complexity index is 387. The quantitative estimate of drug-likeness (QED) is 0.814. The lowest BCUT2D eigenvalue weighted by molar-refractivity contribution is -0.126. The molecule has 6 nitrogen and oxygen atoms in total. The predicted octanol–water partition coefficient (Wildman–Crippen LogP) is 2.56. The predicted molar refractivity (Wildman–Crippen MR) is 89.2 cm³/mol. The minimum Gasteiger partial charge on any atom is -0.444 e. The Morgan fingerprint density at radius 3 is 2.61 bits per heavy atom. The van der Waals surface area contributed by atoms with Crippen LogP contribution < -0.4 is 5.32 Å². The average molecular weight is 328 g/mol. The summed E-state index contributed by atoms with van der Waals surface area (Å²) in [6, 6.07) is -0.547. The zero-order valence-electron chi connectivity index (χ0n) is 15.2. The van der Waals surface area contributed by atoms with Crippen molar-refractivity contribution in [2.45, 2.75) is 65.5 Å². The van der Waals surface area contributed by atoms with Gasteiger partial charge in [-0.05, 0) is 52.9 Å². The maximum absolute atomic E-state index is 12.4. The second-order valence-corrected chi connectivity index (χ2v) is 7.18. The van der Waals surface area contributed by atoms with E-state index in [9.17, 15) is 9.59 Å². The highest BCUT2D eigenvalue weighted by atomic mass is 16.6. The van der Waals surface area contributed by atoms with Gasteiger partial charge in [-0.3, -0.25) is 9.69 Å². The number of carbonyl (C=O) groups excluding carboxylic acids is 2. The molecule has 1 saturated heterocycles. The molecule has 0 aromatic rings. The topological polar surface area (TPSA) is 67.9 Å². The molecule has 0 bridgehead atoms. The van der Waals surface area contributed by atoms with Gasteiger partial charge in [-0.1, -0.05) is 6.92 Å². The normalized spacial score (nSPS) is 19.8. The SMILES string of the molecule is CCCN(C(=O)OC(C)(C)C)C(C)C(=O)NCC1CCCOC1. The number of ether oxygens (including phenoxy) is 2. The summed E-state index contributed by atoms with van der Waals surface area (Å²) in [4.78, 5) is 26.2. The van der Waals surface area contributed by atoms with E-state index in [2.05, 4.69) is 5.32 Å². The van der Waals surface area contributed by atoms with Gasteiger partial charge in [0.1, 0.15) is 11.6 Å². The van der Waals surface area contributed by atoms with Gasteiger partial charge in [-0.15, -0.1) is 0 Å². The molecule has 2 amide bonds. The highest BCUT2D eigenvalue weighted by Crippen LogP contribution is 2.14. The number of carbonyl (C=O) groups is 2. The van der Waals surface area contributed by atoms with Crippen LogP contribution in [0.1, 0.15) is 53.9 Å². The number of rotatable bonds is 6. The molecule has 1 aliphatic rings. The summed E-state index contributed by atoms with van der Waals surface area (Å²) < 4.78 is 10.8. The first-order valence-corrected chi connectivity index (χ1v) is 8.59. The van der Waals surface area contributed by atoms with Crippen LogP contribution >= 0.6 is 0 Å². The minimum absolute atomic E-state index is 0.144. The smallest absolute Gasteiger partial charge is 0.410 e. The van der Waals surface area contributed by atoms with Crippen LogP contribution in [0.25, 0.3) is 0 Å². The van der Waals surface area contributed by atoms with Crippen LogP contribution in [0.3, 0.4) is 0 Å². The van der Waals surface area contributed by atoms with Gasteiger partial charge in [0.2, 0.25) is 5.91 Å². The molecule has 0 saturated carbocycles. The molecule has 1 fully saturated rings. The van der Waals surface area contributed by atoms with Gasteiger partial charge < -0.3 is 14.8 Å².